The number of rotatable bonds is 4. The lowest BCUT2D eigenvalue weighted by molar-refractivity contribution is 0.0660. The molecule has 6 nitrogen and oxygen atoms in total. The Bertz CT molecular complexity index is 757. The highest BCUT2D eigenvalue weighted by Gasteiger charge is 2.35. The number of ether oxygens (including phenoxy) is 2. The topological polar surface area (TPSA) is 68.2 Å². The molecular formula is C17H14N2O4. The van der Waals surface area contributed by atoms with Crippen LogP contribution in [0.3, 0.4) is 0 Å². The first-order valence-corrected chi connectivity index (χ1v) is 6.90. The predicted octanol–water partition coefficient (Wildman–Crippen LogP) is 2.33. The van der Waals surface area contributed by atoms with Crippen molar-refractivity contribution in [2.75, 3.05) is 14.2 Å². The Morgan fingerprint density at radius 3 is 1.87 bits per heavy atom. The summed E-state index contributed by atoms with van der Waals surface area (Å²) >= 11 is 0. The van der Waals surface area contributed by atoms with Gasteiger partial charge >= 0.3 is 0 Å². The summed E-state index contributed by atoms with van der Waals surface area (Å²) in [5.41, 5.74) is 1.25. The summed E-state index contributed by atoms with van der Waals surface area (Å²) in [5.74, 6) is 0.167. The number of methoxy groups -OCH3 is 2. The number of fused-ring (bicyclic) bond motifs is 1. The summed E-state index contributed by atoms with van der Waals surface area (Å²) in [7, 11) is 3.04. The van der Waals surface area contributed by atoms with Crippen LogP contribution in [0.5, 0.6) is 11.5 Å². The van der Waals surface area contributed by atoms with Gasteiger partial charge in [-0.15, -0.1) is 0 Å². The van der Waals surface area contributed by atoms with Crippen molar-refractivity contribution in [1.82, 2.24) is 5.01 Å². The molecular weight excluding hydrogens is 296 g/mol. The highest BCUT2D eigenvalue weighted by atomic mass is 16.5. The first-order valence-electron chi connectivity index (χ1n) is 6.90. The first kappa shape index (κ1) is 14.8. The van der Waals surface area contributed by atoms with E-state index in [9.17, 15) is 9.59 Å². The van der Waals surface area contributed by atoms with E-state index in [1.165, 1.54) is 20.4 Å². The fourth-order valence-electron chi connectivity index (χ4n) is 2.40. The van der Waals surface area contributed by atoms with Crippen molar-refractivity contribution in [1.29, 1.82) is 0 Å². The van der Waals surface area contributed by atoms with Gasteiger partial charge in [0.2, 0.25) is 0 Å². The van der Waals surface area contributed by atoms with Crippen LogP contribution in [0.15, 0.2) is 47.6 Å². The Morgan fingerprint density at radius 1 is 0.870 bits per heavy atom. The van der Waals surface area contributed by atoms with E-state index in [2.05, 4.69) is 5.10 Å². The number of carbonyl (C=O) groups excluding carboxylic acids is 2. The molecule has 0 unspecified atom stereocenters. The summed E-state index contributed by atoms with van der Waals surface area (Å²) in [4.78, 5) is 24.5. The lowest BCUT2D eigenvalue weighted by Crippen LogP contribution is -2.24. The van der Waals surface area contributed by atoms with Gasteiger partial charge in [0, 0.05) is 0 Å². The van der Waals surface area contributed by atoms with Gasteiger partial charge in [-0.3, -0.25) is 9.59 Å². The third-order valence-electron chi connectivity index (χ3n) is 3.54. The number of amides is 2. The Labute approximate surface area is 132 Å². The number of hydrazone groups is 1. The van der Waals surface area contributed by atoms with Crippen LogP contribution in [-0.2, 0) is 0 Å². The third kappa shape index (κ3) is 2.44. The van der Waals surface area contributed by atoms with Crippen molar-refractivity contribution in [2.45, 2.75) is 0 Å². The molecule has 2 aromatic carbocycles. The second-order valence-corrected chi connectivity index (χ2v) is 4.79. The number of benzene rings is 2. The number of hydrogen-bond donors (Lipinski definition) is 0. The van der Waals surface area contributed by atoms with Crippen molar-refractivity contribution in [3.63, 3.8) is 0 Å². The molecule has 23 heavy (non-hydrogen) atoms. The standard InChI is InChI=1S/C17H14N2O4/c1-22-14-8-5-9-15(23-2)13(14)10-18-19-16(20)11-6-3-4-7-12(11)17(19)21/h3-10H,1-2H3/b18-10+. The molecule has 2 amide bonds. The van der Waals surface area contributed by atoms with Gasteiger partial charge in [-0.2, -0.15) is 10.1 Å². The minimum Gasteiger partial charge on any atom is -0.496 e. The van der Waals surface area contributed by atoms with Gasteiger partial charge in [0.1, 0.15) is 11.5 Å². The molecule has 0 saturated carbocycles. The molecule has 0 aliphatic carbocycles. The van der Waals surface area contributed by atoms with E-state index in [0.717, 1.165) is 5.01 Å². The number of hydrogen-bond acceptors (Lipinski definition) is 5. The number of imide groups is 1. The third-order valence-corrected chi connectivity index (χ3v) is 3.54. The van der Waals surface area contributed by atoms with E-state index >= 15 is 0 Å². The van der Waals surface area contributed by atoms with Crippen molar-refractivity contribution < 1.29 is 19.1 Å². The zero-order valence-corrected chi connectivity index (χ0v) is 12.6. The molecule has 6 heteroatoms. The van der Waals surface area contributed by atoms with Gasteiger partial charge in [-0.1, -0.05) is 18.2 Å². The van der Waals surface area contributed by atoms with E-state index in [1.807, 2.05) is 0 Å². The zero-order valence-electron chi connectivity index (χ0n) is 12.6. The molecule has 0 fully saturated rings. The molecule has 0 atom stereocenters. The largest absolute Gasteiger partial charge is 0.496 e. The maximum atomic E-state index is 12.3. The molecule has 1 heterocycles. The van der Waals surface area contributed by atoms with E-state index in [1.54, 1.807) is 42.5 Å². The van der Waals surface area contributed by atoms with Crippen LogP contribution in [0.4, 0.5) is 0 Å². The Balaban J connectivity index is 1.97. The fourth-order valence-corrected chi connectivity index (χ4v) is 2.40. The summed E-state index contributed by atoms with van der Waals surface area (Å²) in [6.45, 7) is 0. The van der Waals surface area contributed by atoms with Gasteiger partial charge in [-0.25, -0.2) is 0 Å². The van der Waals surface area contributed by atoms with Crippen LogP contribution in [0.2, 0.25) is 0 Å². The molecule has 0 bridgehead atoms. The van der Waals surface area contributed by atoms with Crippen LogP contribution >= 0.6 is 0 Å². The summed E-state index contributed by atoms with van der Waals surface area (Å²) in [6, 6.07) is 11.9. The van der Waals surface area contributed by atoms with Gasteiger partial charge in [-0.05, 0) is 24.3 Å². The van der Waals surface area contributed by atoms with E-state index in [4.69, 9.17) is 9.47 Å². The fraction of sp³-hybridized carbons (Fsp3) is 0.118. The van der Waals surface area contributed by atoms with E-state index < -0.39 is 11.8 Å². The molecule has 0 spiro atoms. The van der Waals surface area contributed by atoms with Crippen LogP contribution in [0, 0.1) is 0 Å². The maximum Gasteiger partial charge on any atom is 0.282 e. The average molecular weight is 310 g/mol. The molecule has 0 saturated heterocycles. The smallest absolute Gasteiger partial charge is 0.282 e. The molecule has 116 valence electrons. The van der Waals surface area contributed by atoms with Crippen molar-refractivity contribution in [3.05, 3.63) is 59.2 Å². The minimum atomic E-state index is -0.448. The van der Waals surface area contributed by atoms with Gasteiger partial charge in [0.05, 0.1) is 37.1 Å². The van der Waals surface area contributed by atoms with Crippen molar-refractivity contribution in [2.24, 2.45) is 5.10 Å². The minimum absolute atomic E-state index is 0.349. The molecule has 2 aromatic rings. The maximum absolute atomic E-state index is 12.3. The summed E-state index contributed by atoms with van der Waals surface area (Å²) in [6.07, 6.45) is 1.39. The number of carbonyl (C=O) groups is 2. The second kappa shape index (κ2) is 5.92. The molecule has 0 aromatic heterocycles. The molecule has 1 aliphatic rings. The quantitative estimate of drug-likeness (QED) is 0.642. The first-order chi connectivity index (χ1) is 11.2. The Kier molecular flexibility index (Phi) is 3.80. The molecule has 0 N–H and O–H groups in total. The lowest BCUT2D eigenvalue weighted by atomic mass is 10.1. The van der Waals surface area contributed by atoms with Gasteiger partial charge in [0.25, 0.3) is 11.8 Å². The highest BCUT2D eigenvalue weighted by molar-refractivity contribution is 6.21. The number of nitrogens with zero attached hydrogens (tertiary/aromatic N) is 2. The molecule has 0 radical (unpaired) electrons. The Morgan fingerprint density at radius 2 is 1.39 bits per heavy atom. The van der Waals surface area contributed by atoms with Crippen LogP contribution in [0.1, 0.15) is 26.3 Å². The van der Waals surface area contributed by atoms with Crippen LogP contribution < -0.4 is 9.47 Å². The van der Waals surface area contributed by atoms with E-state index in [-0.39, 0.29) is 0 Å². The normalized spacial score (nSPS) is 13.6. The molecule has 1 aliphatic heterocycles. The second-order valence-electron chi connectivity index (χ2n) is 4.79. The van der Waals surface area contributed by atoms with Crippen molar-refractivity contribution >= 4 is 18.0 Å². The zero-order chi connectivity index (χ0) is 16.4. The van der Waals surface area contributed by atoms with Crippen molar-refractivity contribution in [3.8, 4) is 11.5 Å². The Hall–Kier alpha value is -3.15. The van der Waals surface area contributed by atoms with Gasteiger partial charge < -0.3 is 9.47 Å². The molecule has 3 rings (SSSR count). The summed E-state index contributed by atoms with van der Waals surface area (Å²) in [5, 5.41) is 4.88. The lowest BCUT2D eigenvalue weighted by Gasteiger charge is -2.10. The SMILES string of the molecule is COc1cccc(OC)c1/C=N/N1C(=O)c2ccccc2C1=O. The van der Waals surface area contributed by atoms with Crippen LogP contribution in [-0.4, -0.2) is 37.3 Å². The summed E-state index contributed by atoms with van der Waals surface area (Å²) < 4.78 is 10.5. The van der Waals surface area contributed by atoms with Gasteiger partial charge in [0.15, 0.2) is 0 Å². The average Bonchev–Trinajstić information content (AvgIpc) is 2.84. The predicted molar refractivity (Wildman–Crippen MR) is 84.1 cm³/mol. The van der Waals surface area contributed by atoms with E-state index in [0.29, 0.717) is 28.2 Å². The van der Waals surface area contributed by atoms with Crippen LogP contribution in [0.25, 0.3) is 0 Å². The highest BCUT2D eigenvalue weighted by Crippen LogP contribution is 2.27. The monoisotopic (exact) mass is 310 g/mol.